The topological polar surface area (TPSA) is 54.2 Å². The number of guanidine groups is 1. The van der Waals surface area contributed by atoms with Crippen LogP contribution in [0.15, 0.2) is 59.6 Å². The maximum atomic E-state index is 4.73. The van der Waals surface area contributed by atoms with E-state index in [9.17, 15) is 0 Å². The smallest absolute Gasteiger partial charge is 0.191 e. The zero-order chi connectivity index (χ0) is 19.9. The predicted octanol–water partition coefficient (Wildman–Crippen LogP) is 4.34. The van der Waals surface area contributed by atoms with E-state index in [-0.39, 0.29) is 24.0 Å². The normalized spacial score (nSPS) is 11.1. The SMILES string of the molecule is CN=C(NCc1ccccc1C)NCc1c(C)nn(Cc2ccccc2)c1C.I. The number of hydrogen-bond acceptors (Lipinski definition) is 2. The van der Waals surface area contributed by atoms with Crippen LogP contribution in [-0.2, 0) is 19.6 Å². The second kappa shape index (κ2) is 11.0. The number of nitrogens with zero attached hydrogens (tertiary/aromatic N) is 3. The van der Waals surface area contributed by atoms with E-state index in [1.165, 1.54) is 27.9 Å². The average Bonchev–Trinajstić information content (AvgIpc) is 2.97. The molecule has 2 N–H and O–H groups in total. The summed E-state index contributed by atoms with van der Waals surface area (Å²) in [6.07, 6.45) is 0. The molecule has 0 atom stereocenters. The van der Waals surface area contributed by atoms with Crippen LogP contribution in [0.25, 0.3) is 0 Å². The Bertz CT molecular complexity index is 947. The van der Waals surface area contributed by atoms with E-state index in [1.54, 1.807) is 7.05 Å². The summed E-state index contributed by atoms with van der Waals surface area (Å²) in [5.41, 5.74) is 7.25. The lowest BCUT2D eigenvalue weighted by Gasteiger charge is -2.13. The molecule has 0 amide bonds. The average molecular weight is 503 g/mol. The fourth-order valence-corrected chi connectivity index (χ4v) is 3.28. The van der Waals surface area contributed by atoms with E-state index in [0.29, 0.717) is 6.54 Å². The predicted molar refractivity (Wildman–Crippen MR) is 131 cm³/mol. The lowest BCUT2D eigenvalue weighted by Crippen LogP contribution is -2.36. The first-order valence-corrected chi connectivity index (χ1v) is 9.64. The van der Waals surface area contributed by atoms with Gasteiger partial charge in [-0.1, -0.05) is 54.6 Å². The van der Waals surface area contributed by atoms with Crippen molar-refractivity contribution in [1.82, 2.24) is 20.4 Å². The summed E-state index contributed by atoms with van der Waals surface area (Å²) in [5, 5.41) is 11.5. The molecule has 0 saturated heterocycles. The third-order valence-corrected chi connectivity index (χ3v) is 5.07. The van der Waals surface area contributed by atoms with Crippen molar-refractivity contribution >= 4 is 29.9 Å². The van der Waals surface area contributed by atoms with Crippen molar-refractivity contribution in [3.63, 3.8) is 0 Å². The molecule has 0 unspecified atom stereocenters. The molecule has 1 aromatic heterocycles. The zero-order valence-electron chi connectivity index (χ0n) is 17.6. The van der Waals surface area contributed by atoms with Gasteiger partial charge in [-0.05, 0) is 37.5 Å². The number of aliphatic imine (C=N–C) groups is 1. The Morgan fingerprint density at radius 3 is 2.28 bits per heavy atom. The number of halogens is 1. The number of hydrogen-bond donors (Lipinski definition) is 2. The fourth-order valence-electron chi connectivity index (χ4n) is 3.28. The summed E-state index contributed by atoms with van der Waals surface area (Å²) in [5.74, 6) is 0.790. The molecular formula is C23H30IN5. The van der Waals surface area contributed by atoms with Crippen LogP contribution in [0.3, 0.4) is 0 Å². The molecule has 1 heterocycles. The van der Waals surface area contributed by atoms with Crippen molar-refractivity contribution in [2.24, 2.45) is 4.99 Å². The van der Waals surface area contributed by atoms with Crippen LogP contribution >= 0.6 is 24.0 Å². The van der Waals surface area contributed by atoms with Crippen LogP contribution in [-0.4, -0.2) is 22.8 Å². The Kier molecular flexibility index (Phi) is 8.70. The van der Waals surface area contributed by atoms with Gasteiger partial charge < -0.3 is 10.6 Å². The Morgan fingerprint density at radius 2 is 1.59 bits per heavy atom. The van der Waals surface area contributed by atoms with Crippen LogP contribution in [0.5, 0.6) is 0 Å². The molecule has 5 nitrogen and oxygen atoms in total. The van der Waals surface area contributed by atoms with Crippen LogP contribution < -0.4 is 10.6 Å². The molecule has 0 aliphatic rings. The number of aryl methyl sites for hydroxylation is 2. The van der Waals surface area contributed by atoms with Gasteiger partial charge in [0.15, 0.2) is 5.96 Å². The molecule has 0 saturated carbocycles. The molecule has 3 aromatic rings. The highest BCUT2D eigenvalue weighted by Gasteiger charge is 2.12. The summed E-state index contributed by atoms with van der Waals surface area (Å²) < 4.78 is 2.07. The van der Waals surface area contributed by atoms with E-state index in [4.69, 9.17) is 5.10 Å². The van der Waals surface area contributed by atoms with E-state index in [1.807, 2.05) is 6.07 Å². The molecule has 0 radical (unpaired) electrons. The molecule has 0 bridgehead atoms. The van der Waals surface area contributed by atoms with Gasteiger partial charge >= 0.3 is 0 Å². The fraction of sp³-hybridized carbons (Fsp3) is 0.304. The maximum absolute atomic E-state index is 4.73. The molecule has 0 aliphatic heterocycles. The second-order valence-electron chi connectivity index (χ2n) is 7.00. The van der Waals surface area contributed by atoms with Gasteiger partial charge in [-0.2, -0.15) is 5.10 Å². The molecule has 2 aromatic carbocycles. The minimum atomic E-state index is 0. The molecule has 3 rings (SSSR count). The van der Waals surface area contributed by atoms with Crippen molar-refractivity contribution in [1.29, 1.82) is 0 Å². The quantitative estimate of drug-likeness (QED) is 0.299. The first-order chi connectivity index (χ1) is 13.6. The highest BCUT2D eigenvalue weighted by molar-refractivity contribution is 14.0. The zero-order valence-corrected chi connectivity index (χ0v) is 19.9. The van der Waals surface area contributed by atoms with Crippen molar-refractivity contribution in [3.05, 3.63) is 88.2 Å². The molecular weight excluding hydrogens is 473 g/mol. The molecule has 0 aliphatic carbocycles. The highest BCUT2D eigenvalue weighted by Crippen LogP contribution is 2.14. The van der Waals surface area contributed by atoms with Gasteiger partial charge in [0.1, 0.15) is 0 Å². The van der Waals surface area contributed by atoms with Gasteiger partial charge in [-0.3, -0.25) is 9.67 Å². The Hall–Kier alpha value is -2.35. The number of aromatic nitrogens is 2. The van der Waals surface area contributed by atoms with Crippen molar-refractivity contribution in [3.8, 4) is 0 Å². The van der Waals surface area contributed by atoms with Gasteiger partial charge in [-0.15, -0.1) is 24.0 Å². The summed E-state index contributed by atoms with van der Waals surface area (Å²) in [6, 6.07) is 18.8. The van der Waals surface area contributed by atoms with E-state index >= 15 is 0 Å². The Balaban J connectivity index is 0.00000300. The minimum Gasteiger partial charge on any atom is -0.352 e. The maximum Gasteiger partial charge on any atom is 0.191 e. The first kappa shape index (κ1) is 22.9. The Morgan fingerprint density at radius 1 is 0.931 bits per heavy atom. The standard InChI is InChI=1S/C23H29N5.HI/c1-17-10-8-9-13-21(17)14-25-23(24-4)26-15-22-18(2)27-28(19(22)3)16-20-11-6-5-7-12-20;/h5-13H,14-16H2,1-4H3,(H2,24,25,26);1H. The van der Waals surface area contributed by atoms with Gasteiger partial charge in [0, 0.05) is 31.4 Å². The van der Waals surface area contributed by atoms with Crippen LogP contribution in [0, 0.1) is 20.8 Å². The van der Waals surface area contributed by atoms with Crippen molar-refractivity contribution < 1.29 is 0 Å². The monoisotopic (exact) mass is 503 g/mol. The molecule has 29 heavy (non-hydrogen) atoms. The van der Waals surface area contributed by atoms with E-state index in [2.05, 4.69) is 89.6 Å². The van der Waals surface area contributed by atoms with Gasteiger partial charge in [0.2, 0.25) is 0 Å². The largest absolute Gasteiger partial charge is 0.352 e. The number of rotatable bonds is 6. The van der Waals surface area contributed by atoms with Crippen LogP contribution in [0.1, 0.15) is 33.6 Å². The van der Waals surface area contributed by atoms with Crippen molar-refractivity contribution in [2.45, 2.75) is 40.4 Å². The molecule has 6 heteroatoms. The van der Waals surface area contributed by atoms with Crippen molar-refractivity contribution in [2.75, 3.05) is 7.05 Å². The van der Waals surface area contributed by atoms with E-state index in [0.717, 1.165) is 24.7 Å². The van der Waals surface area contributed by atoms with Gasteiger partial charge in [-0.25, -0.2) is 0 Å². The highest BCUT2D eigenvalue weighted by atomic mass is 127. The van der Waals surface area contributed by atoms with Gasteiger partial charge in [0.05, 0.1) is 12.2 Å². The molecule has 0 fully saturated rings. The van der Waals surface area contributed by atoms with E-state index < -0.39 is 0 Å². The summed E-state index contributed by atoms with van der Waals surface area (Å²) >= 11 is 0. The number of benzene rings is 2. The summed E-state index contributed by atoms with van der Waals surface area (Å²) in [7, 11) is 1.80. The molecule has 0 spiro atoms. The summed E-state index contributed by atoms with van der Waals surface area (Å²) in [6.45, 7) is 8.55. The minimum absolute atomic E-state index is 0. The van der Waals surface area contributed by atoms with Crippen LogP contribution in [0.4, 0.5) is 0 Å². The van der Waals surface area contributed by atoms with Gasteiger partial charge in [0.25, 0.3) is 0 Å². The third kappa shape index (κ3) is 6.06. The lowest BCUT2D eigenvalue weighted by molar-refractivity contribution is 0.657. The number of nitrogens with one attached hydrogen (secondary N) is 2. The second-order valence-corrected chi connectivity index (χ2v) is 7.00. The first-order valence-electron chi connectivity index (χ1n) is 9.64. The summed E-state index contributed by atoms with van der Waals surface area (Å²) in [4.78, 5) is 4.35. The third-order valence-electron chi connectivity index (χ3n) is 5.07. The Labute approximate surface area is 190 Å². The lowest BCUT2D eigenvalue weighted by atomic mass is 10.1. The van der Waals surface area contributed by atoms with Crippen LogP contribution in [0.2, 0.25) is 0 Å². The molecule has 154 valence electrons.